The smallest absolute Gasteiger partial charge is 0.230 e. The molecule has 1 aliphatic heterocycles. The van der Waals surface area contributed by atoms with E-state index in [-0.39, 0.29) is 29.7 Å². The maximum absolute atomic E-state index is 12.2. The summed E-state index contributed by atoms with van der Waals surface area (Å²) < 4.78 is 0. The summed E-state index contributed by atoms with van der Waals surface area (Å²) in [5.41, 5.74) is 5.84. The summed E-state index contributed by atoms with van der Waals surface area (Å²) in [4.78, 5) is 26.1. The lowest BCUT2D eigenvalue weighted by Crippen LogP contribution is -2.56. The molecule has 0 aromatic heterocycles. The van der Waals surface area contributed by atoms with Crippen LogP contribution < -0.4 is 5.73 Å². The van der Waals surface area contributed by atoms with Crippen molar-refractivity contribution in [3.63, 3.8) is 0 Å². The van der Waals surface area contributed by atoms with Crippen molar-refractivity contribution in [1.82, 2.24) is 4.90 Å². The van der Waals surface area contributed by atoms with Crippen molar-refractivity contribution in [2.24, 2.45) is 17.6 Å². The maximum atomic E-state index is 12.2. The number of thiocarbonyl (C=S) groups is 1. The first-order valence-electron chi connectivity index (χ1n) is 7.15. The van der Waals surface area contributed by atoms with Gasteiger partial charge >= 0.3 is 0 Å². The van der Waals surface area contributed by atoms with Gasteiger partial charge in [0.05, 0.1) is 11.0 Å². The van der Waals surface area contributed by atoms with E-state index in [2.05, 4.69) is 0 Å². The fourth-order valence-electron chi connectivity index (χ4n) is 3.33. The Morgan fingerprint density at radius 2 is 1.74 bits per heavy atom. The molecule has 19 heavy (non-hydrogen) atoms. The van der Waals surface area contributed by atoms with Crippen LogP contribution in [0.5, 0.6) is 0 Å². The summed E-state index contributed by atoms with van der Waals surface area (Å²) in [6.07, 6.45) is 6.37. The van der Waals surface area contributed by atoms with E-state index < -0.39 is 0 Å². The molecule has 106 valence electrons. The maximum Gasteiger partial charge on any atom is 0.230 e. The van der Waals surface area contributed by atoms with Gasteiger partial charge in [0.2, 0.25) is 11.8 Å². The van der Waals surface area contributed by atoms with E-state index in [1.807, 2.05) is 6.92 Å². The Labute approximate surface area is 119 Å². The van der Waals surface area contributed by atoms with Gasteiger partial charge < -0.3 is 5.73 Å². The van der Waals surface area contributed by atoms with E-state index in [9.17, 15) is 9.59 Å². The monoisotopic (exact) mass is 282 g/mol. The van der Waals surface area contributed by atoms with Gasteiger partial charge in [0, 0.05) is 12.8 Å². The van der Waals surface area contributed by atoms with Crippen LogP contribution in [0.25, 0.3) is 0 Å². The molecule has 1 heterocycles. The Morgan fingerprint density at radius 3 is 2.21 bits per heavy atom. The van der Waals surface area contributed by atoms with Crippen LogP contribution in [0.4, 0.5) is 0 Å². The number of piperidine rings is 1. The number of nitrogens with two attached hydrogens (primary N) is 1. The fourth-order valence-corrected chi connectivity index (χ4v) is 3.63. The number of rotatable bonds is 3. The van der Waals surface area contributed by atoms with Crippen LogP contribution >= 0.6 is 12.2 Å². The van der Waals surface area contributed by atoms with Gasteiger partial charge in [0.15, 0.2) is 0 Å². The molecule has 2 amide bonds. The highest BCUT2D eigenvalue weighted by Crippen LogP contribution is 2.32. The second-order valence-corrected chi connectivity index (χ2v) is 6.39. The molecule has 2 aliphatic rings. The third-order valence-corrected chi connectivity index (χ3v) is 4.49. The molecule has 1 saturated heterocycles. The zero-order chi connectivity index (χ0) is 14.0. The Balaban J connectivity index is 2.20. The first kappa shape index (κ1) is 14.4. The Hall–Kier alpha value is -0.970. The van der Waals surface area contributed by atoms with Crippen LogP contribution in [-0.2, 0) is 9.59 Å². The van der Waals surface area contributed by atoms with Crippen molar-refractivity contribution < 1.29 is 9.59 Å². The van der Waals surface area contributed by atoms with Crippen LogP contribution in [0.2, 0.25) is 0 Å². The third-order valence-electron chi connectivity index (χ3n) is 4.25. The molecule has 0 spiro atoms. The van der Waals surface area contributed by atoms with Crippen molar-refractivity contribution >= 4 is 29.0 Å². The molecule has 4 nitrogen and oxygen atoms in total. The van der Waals surface area contributed by atoms with Gasteiger partial charge in [0.25, 0.3) is 0 Å². The molecular weight excluding hydrogens is 260 g/mol. The molecule has 2 N–H and O–H groups in total. The van der Waals surface area contributed by atoms with Gasteiger partial charge in [-0.3, -0.25) is 14.5 Å². The number of carbonyl (C=O) groups is 2. The van der Waals surface area contributed by atoms with Gasteiger partial charge in [-0.1, -0.05) is 38.4 Å². The summed E-state index contributed by atoms with van der Waals surface area (Å²) >= 11 is 5.15. The van der Waals surface area contributed by atoms with Crippen molar-refractivity contribution in [1.29, 1.82) is 0 Å². The number of likely N-dealkylation sites (tertiary alicyclic amines) is 1. The lowest BCUT2D eigenvalue weighted by atomic mass is 9.82. The summed E-state index contributed by atoms with van der Waals surface area (Å²) in [6.45, 7) is 1.93. The average molecular weight is 282 g/mol. The van der Waals surface area contributed by atoms with Gasteiger partial charge in [0.1, 0.15) is 0 Å². The molecule has 2 rings (SSSR count). The number of hydrogen-bond donors (Lipinski definition) is 1. The van der Waals surface area contributed by atoms with E-state index in [1.165, 1.54) is 11.3 Å². The molecular formula is C14H22N2O2S. The van der Waals surface area contributed by atoms with Gasteiger partial charge in [-0.15, -0.1) is 0 Å². The minimum atomic E-state index is -0.359. The van der Waals surface area contributed by atoms with Crippen LogP contribution in [-0.4, -0.2) is 27.7 Å². The van der Waals surface area contributed by atoms with E-state index >= 15 is 0 Å². The summed E-state index contributed by atoms with van der Waals surface area (Å²) in [6, 6.07) is -0.359. The molecule has 1 unspecified atom stereocenters. The molecule has 0 bridgehead atoms. The van der Waals surface area contributed by atoms with Gasteiger partial charge in [-0.2, -0.15) is 0 Å². The van der Waals surface area contributed by atoms with Crippen LogP contribution in [0.1, 0.15) is 51.9 Å². The predicted octanol–water partition coefficient (Wildman–Crippen LogP) is 2.01. The van der Waals surface area contributed by atoms with Crippen LogP contribution in [0, 0.1) is 11.8 Å². The Morgan fingerprint density at radius 1 is 1.21 bits per heavy atom. The van der Waals surface area contributed by atoms with Gasteiger partial charge in [-0.25, -0.2) is 0 Å². The fraction of sp³-hybridized carbons (Fsp3) is 0.786. The highest BCUT2D eigenvalue weighted by molar-refractivity contribution is 7.80. The molecule has 0 radical (unpaired) electrons. The SMILES string of the molecule is CC1CC(=O)N(C(C(N)=S)C2CCCCC2)C(=O)C1. The van der Waals surface area contributed by atoms with Crippen LogP contribution in [0.15, 0.2) is 0 Å². The summed E-state index contributed by atoms with van der Waals surface area (Å²) in [5.74, 6) is 0.182. The number of nitrogens with zero attached hydrogens (tertiary/aromatic N) is 1. The van der Waals surface area contributed by atoms with E-state index in [0.29, 0.717) is 17.8 Å². The molecule has 0 aromatic rings. The Bertz CT molecular complexity index is 373. The highest BCUT2D eigenvalue weighted by atomic mass is 32.1. The van der Waals surface area contributed by atoms with E-state index in [0.717, 1.165) is 25.7 Å². The highest BCUT2D eigenvalue weighted by Gasteiger charge is 2.40. The summed E-state index contributed by atoms with van der Waals surface area (Å²) in [5, 5.41) is 0. The predicted molar refractivity (Wildman–Crippen MR) is 77.4 cm³/mol. The van der Waals surface area contributed by atoms with E-state index in [1.54, 1.807) is 0 Å². The minimum Gasteiger partial charge on any atom is -0.392 e. The molecule has 2 fully saturated rings. The average Bonchev–Trinajstić information content (AvgIpc) is 2.34. The number of amides is 2. The standard InChI is InChI=1S/C14H22N2O2S/c1-9-7-11(17)16(12(18)8-9)13(14(15)19)10-5-3-2-4-6-10/h9-10,13H,2-8H2,1H3,(H2,15,19). The van der Waals surface area contributed by atoms with Crippen molar-refractivity contribution in [2.45, 2.75) is 57.9 Å². The van der Waals surface area contributed by atoms with Crippen LogP contribution in [0.3, 0.4) is 0 Å². The third kappa shape index (κ3) is 3.14. The molecule has 1 aliphatic carbocycles. The quantitative estimate of drug-likeness (QED) is 0.635. The van der Waals surface area contributed by atoms with E-state index in [4.69, 9.17) is 18.0 Å². The zero-order valence-corrected chi connectivity index (χ0v) is 12.2. The lowest BCUT2D eigenvalue weighted by molar-refractivity contribution is -0.152. The molecule has 1 atom stereocenters. The Kier molecular flexibility index (Phi) is 4.55. The zero-order valence-electron chi connectivity index (χ0n) is 11.4. The normalized spacial score (nSPS) is 24.6. The second kappa shape index (κ2) is 5.99. The topological polar surface area (TPSA) is 63.4 Å². The molecule has 1 saturated carbocycles. The minimum absolute atomic E-state index is 0.105. The first-order chi connectivity index (χ1) is 9.00. The molecule has 5 heteroatoms. The lowest BCUT2D eigenvalue weighted by Gasteiger charge is -2.39. The van der Waals surface area contributed by atoms with Crippen molar-refractivity contribution in [3.05, 3.63) is 0 Å². The number of imide groups is 1. The van der Waals surface area contributed by atoms with Crippen molar-refractivity contribution in [2.75, 3.05) is 0 Å². The first-order valence-corrected chi connectivity index (χ1v) is 7.55. The molecule has 0 aromatic carbocycles. The second-order valence-electron chi connectivity index (χ2n) is 5.92. The number of carbonyl (C=O) groups excluding carboxylic acids is 2. The number of hydrogen-bond acceptors (Lipinski definition) is 3. The summed E-state index contributed by atoms with van der Waals surface area (Å²) in [7, 11) is 0. The van der Waals surface area contributed by atoms with Crippen molar-refractivity contribution in [3.8, 4) is 0 Å². The van der Waals surface area contributed by atoms with Gasteiger partial charge in [-0.05, 0) is 24.7 Å². The largest absolute Gasteiger partial charge is 0.392 e.